The summed E-state index contributed by atoms with van der Waals surface area (Å²) in [5.41, 5.74) is 1.23. The predicted octanol–water partition coefficient (Wildman–Crippen LogP) is 7.96. The summed E-state index contributed by atoms with van der Waals surface area (Å²) in [6.45, 7) is 5.46. The summed E-state index contributed by atoms with van der Waals surface area (Å²) in [6, 6.07) is 10.4. The molecule has 0 saturated carbocycles. The van der Waals surface area contributed by atoms with Gasteiger partial charge in [-0.15, -0.1) is 0 Å². The average molecular weight is 569 g/mol. The molecule has 1 atom stereocenters. The van der Waals surface area contributed by atoms with E-state index in [1.807, 2.05) is 39.3 Å². The van der Waals surface area contributed by atoms with Crippen molar-refractivity contribution in [2.75, 3.05) is 54.0 Å². The van der Waals surface area contributed by atoms with Gasteiger partial charge in [-0.1, -0.05) is 134 Å². The van der Waals surface area contributed by atoms with Crippen molar-refractivity contribution in [3.8, 4) is 0 Å². The van der Waals surface area contributed by atoms with Gasteiger partial charge in [-0.2, -0.15) is 0 Å². The number of hydrogen-bond acceptors (Lipinski definition) is 5. The second-order valence-corrected chi connectivity index (χ2v) is 13.6. The molecule has 0 aromatic heterocycles. The molecule has 0 aliphatic carbocycles. The van der Waals surface area contributed by atoms with Gasteiger partial charge in [-0.25, -0.2) is 0 Å². The van der Waals surface area contributed by atoms with Gasteiger partial charge in [0.1, 0.15) is 13.2 Å². The van der Waals surface area contributed by atoms with E-state index in [-0.39, 0.29) is 13.2 Å². The molecule has 6 nitrogen and oxygen atoms in total. The van der Waals surface area contributed by atoms with Crippen LogP contribution in [0.25, 0.3) is 0 Å². The van der Waals surface area contributed by atoms with Gasteiger partial charge in [0.25, 0.3) is 7.82 Å². The van der Waals surface area contributed by atoms with Crippen molar-refractivity contribution >= 4 is 7.82 Å². The Kier molecular flexibility index (Phi) is 21.3. The lowest BCUT2D eigenvalue weighted by Gasteiger charge is -2.28. The van der Waals surface area contributed by atoms with Gasteiger partial charge in [-0.05, 0) is 18.5 Å². The minimum atomic E-state index is -4.27. The van der Waals surface area contributed by atoms with Gasteiger partial charge < -0.3 is 18.4 Å². The van der Waals surface area contributed by atoms with E-state index in [1.54, 1.807) is 0 Å². The maximum atomic E-state index is 12.1. The summed E-state index contributed by atoms with van der Waals surface area (Å²) in [6.07, 6.45) is 21.8. The standard InChI is InChI=1S/C32H61N2O4P/c1-5-6-7-8-9-10-11-12-13-14-15-16-17-18-19-23-26-33(31-32-24-21-20-22-25-32)27-29-37-39(35,36)38-30-28-34(2,3)4/h20-22,24-25H,5-19,23,26-31H2,1-4H3. The van der Waals surface area contributed by atoms with Gasteiger partial charge in [0.15, 0.2) is 0 Å². The quantitative estimate of drug-likeness (QED) is 0.0612. The Bertz CT molecular complexity index is 727. The Balaban J connectivity index is 2.16. The molecule has 228 valence electrons. The zero-order valence-corrected chi connectivity index (χ0v) is 26.8. The SMILES string of the molecule is CCCCCCCCCCCCCCCCCCN(CCOP(=O)([O-])OCC[N+](C)(C)C)Cc1ccccc1. The molecule has 0 spiro atoms. The normalized spacial score (nSPS) is 13.7. The molecule has 0 radical (unpaired) electrons. The van der Waals surface area contributed by atoms with Crippen LogP contribution >= 0.6 is 7.82 Å². The fraction of sp³-hybridized carbons (Fsp3) is 0.812. The lowest BCUT2D eigenvalue weighted by atomic mass is 10.0. The second kappa shape index (κ2) is 22.9. The third kappa shape index (κ3) is 23.6. The molecule has 39 heavy (non-hydrogen) atoms. The van der Waals surface area contributed by atoms with Gasteiger partial charge in [0.2, 0.25) is 0 Å². The molecule has 0 heterocycles. The number of phosphoric ester groups is 1. The van der Waals surface area contributed by atoms with Gasteiger partial charge in [0.05, 0.1) is 27.7 Å². The minimum absolute atomic E-state index is 0.122. The maximum Gasteiger partial charge on any atom is 0.268 e. The summed E-state index contributed by atoms with van der Waals surface area (Å²) in [5, 5.41) is 0. The number of likely N-dealkylation sites (N-methyl/N-ethyl adjacent to an activating group) is 1. The van der Waals surface area contributed by atoms with Gasteiger partial charge in [-0.3, -0.25) is 9.46 Å². The topological polar surface area (TPSA) is 61.8 Å². The van der Waals surface area contributed by atoms with Crippen molar-refractivity contribution in [3.05, 3.63) is 35.9 Å². The van der Waals surface area contributed by atoms with Crippen LogP contribution < -0.4 is 4.89 Å². The molecule has 0 saturated heterocycles. The molecular weight excluding hydrogens is 507 g/mol. The van der Waals surface area contributed by atoms with Crippen molar-refractivity contribution < 1.29 is 23.0 Å². The van der Waals surface area contributed by atoms with Crippen LogP contribution in [0.1, 0.15) is 115 Å². The fourth-order valence-corrected chi connectivity index (χ4v) is 5.43. The fourth-order valence-electron chi connectivity index (χ4n) is 4.74. The van der Waals surface area contributed by atoms with Crippen molar-refractivity contribution in [1.82, 2.24) is 4.90 Å². The Morgan fingerprint density at radius 3 is 1.64 bits per heavy atom. The van der Waals surface area contributed by atoms with Crippen LogP contribution in [-0.2, 0) is 20.2 Å². The number of unbranched alkanes of at least 4 members (excludes halogenated alkanes) is 15. The number of quaternary nitrogens is 1. The number of nitrogens with zero attached hydrogens (tertiary/aromatic N) is 2. The van der Waals surface area contributed by atoms with Crippen LogP contribution in [0.2, 0.25) is 0 Å². The maximum absolute atomic E-state index is 12.1. The molecule has 1 rings (SSSR count). The van der Waals surface area contributed by atoms with Crippen LogP contribution in [0.3, 0.4) is 0 Å². The van der Waals surface area contributed by atoms with E-state index in [9.17, 15) is 9.46 Å². The van der Waals surface area contributed by atoms with Gasteiger partial charge >= 0.3 is 0 Å². The number of benzene rings is 1. The molecule has 0 fully saturated rings. The van der Waals surface area contributed by atoms with E-state index in [0.29, 0.717) is 17.6 Å². The first-order valence-electron chi connectivity index (χ1n) is 15.9. The highest BCUT2D eigenvalue weighted by Crippen LogP contribution is 2.37. The Morgan fingerprint density at radius 1 is 0.692 bits per heavy atom. The van der Waals surface area contributed by atoms with E-state index in [1.165, 1.54) is 102 Å². The molecule has 1 aromatic rings. The first-order valence-corrected chi connectivity index (χ1v) is 17.3. The predicted molar refractivity (Wildman–Crippen MR) is 164 cm³/mol. The van der Waals surface area contributed by atoms with E-state index >= 15 is 0 Å². The Morgan fingerprint density at radius 2 is 1.15 bits per heavy atom. The smallest absolute Gasteiger partial charge is 0.268 e. The van der Waals surface area contributed by atoms with E-state index in [2.05, 4.69) is 24.0 Å². The lowest BCUT2D eigenvalue weighted by Crippen LogP contribution is -2.37. The highest BCUT2D eigenvalue weighted by atomic mass is 31.2. The molecule has 0 amide bonds. The minimum Gasteiger partial charge on any atom is -0.756 e. The van der Waals surface area contributed by atoms with Crippen LogP contribution in [0.5, 0.6) is 0 Å². The Labute approximate surface area is 241 Å². The first-order chi connectivity index (χ1) is 18.7. The lowest BCUT2D eigenvalue weighted by molar-refractivity contribution is -0.870. The average Bonchev–Trinajstić information content (AvgIpc) is 2.88. The van der Waals surface area contributed by atoms with Gasteiger partial charge in [0, 0.05) is 13.1 Å². The molecule has 0 bridgehead atoms. The van der Waals surface area contributed by atoms with Crippen molar-refractivity contribution in [3.63, 3.8) is 0 Å². The summed E-state index contributed by atoms with van der Waals surface area (Å²) in [7, 11) is 1.73. The van der Waals surface area contributed by atoms with E-state index in [0.717, 1.165) is 19.5 Å². The summed E-state index contributed by atoms with van der Waals surface area (Å²) >= 11 is 0. The third-order valence-corrected chi connectivity index (χ3v) is 8.24. The first kappa shape index (κ1) is 36.3. The molecule has 0 N–H and O–H groups in total. The summed E-state index contributed by atoms with van der Waals surface area (Å²) in [4.78, 5) is 14.4. The third-order valence-electron chi connectivity index (χ3n) is 7.25. The molecule has 7 heteroatoms. The van der Waals surface area contributed by atoms with Crippen molar-refractivity contribution in [2.24, 2.45) is 0 Å². The summed E-state index contributed by atoms with van der Waals surface area (Å²) < 4.78 is 23.0. The van der Waals surface area contributed by atoms with Crippen LogP contribution in [-0.4, -0.2) is 63.4 Å². The van der Waals surface area contributed by atoms with Crippen LogP contribution in [0, 0.1) is 0 Å². The van der Waals surface area contributed by atoms with Crippen LogP contribution in [0.15, 0.2) is 30.3 Å². The molecule has 1 aromatic carbocycles. The second-order valence-electron chi connectivity index (χ2n) is 12.2. The molecule has 0 aliphatic rings. The largest absolute Gasteiger partial charge is 0.756 e. The zero-order valence-electron chi connectivity index (χ0n) is 25.9. The van der Waals surface area contributed by atoms with Crippen molar-refractivity contribution in [2.45, 2.75) is 116 Å². The number of phosphoric acid groups is 1. The number of rotatable bonds is 27. The van der Waals surface area contributed by atoms with E-state index in [4.69, 9.17) is 9.05 Å². The van der Waals surface area contributed by atoms with Crippen LogP contribution in [0.4, 0.5) is 0 Å². The van der Waals surface area contributed by atoms with E-state index < -0.39 is 7.82 Å². The monoisotopic (exact) mass is 568 g/mol. The highest BCUT2D eigenvalue weighted by Gasteiger charge is 2.14. The molecular formula is C32H61N2O4P. The molecule has 0 aliphatic heterocycles. The number of hydrogen-bond donors (Lipinski definition) is 0. The highest BCUT2D eigenvalue weighted by molar-refractivity contribution is 7.45. The zero-order chi connectivity index (χ0) is 28.7. The van der Waals surface area contributed by atoms with Crippen molar-refractivity contribution in [1.29, 1.82) is 0 Å². The molecule has 1 unspecified atom stereocenters. The Hall–Kier alpha value is -0.750. The summed E-state index contributed by atoms with van der Waals surface area (Å²) in [5.74, 6) is 0.